The molecule has 1 aromatic carbocycles. The summed E-state index contributed by atoms with van der Waals surface area (Å²) in [5, 5.41) is 1.35. The van der Waals surface area contributed by atoms with Gasteiger partial charge in [-0.3, -0.25) is 0 Å². The smallest absolute Gasteiger partial charge is 0.0482 e. The summed E-state index contributed by atoms with van der Waals surface area (Å²) in [6.45, 7) is 10.6. The van der Waals surface area contributed by atoms with E-state index in [1.165, 1.54) is 22.9 Å². The Bertz CT molecular complexity index is 440. The number of benzene rings is 1. The van der Waals surface area contributed by atoms with Crippen LogP contribution in [-0.4, -0.2) is 4.57 Å². The van der Waals surface area contributed by atoms with E-state index in [9.17, 15) is 0 Å². The first-order chi connectivity index (χ1) is 7.72. The van der Waals surface area contributed by atoms with Crippen LogP contribution in [0.2, 0.25) is 0 Å². The lowest BCUT2D eigenvalue weighted by Gasteiger charge is -2.12. The maximum absolute atomic E-state index is 2.36. The molecule has 0 fully saturated rings. The fraction of sp³-hybridized carbons (Fsp3) is 0.467. The van der Waals surface area contributed by atoms with Gasteiger partial charge in [-0.15, -0.1) is 0 Å². The first-order valence-corrected chi connectivity index (χ1v) is 6.29. The van der Waals surface area contributed by atoms with Crippen molar-refractivity contribution in [3.8, 4) is 0 Å². The van der Waals surface area contributed by atoms with E-state index >= 15 is 0 Å². The molecular formula is C15H23N. The van der Waals surface area contributed by atoms with Gasteiger partial charge in [0.2, 0.25) is 0 Å². The van der Waals surface area contributed by atoms with Crippen molar-refractivity contribution in [2.75, 3.05) is 0 Å². The van der Waals surface area contributed by atoms with Crippen LogP contribution in [0.1, 0.15) is 45.7 Å². The molecule has 2 aromatic rings. The highest BCUT2D eigenvalue weighted by atomic mass is 15.0. The van der Waals surface area contributed by atoms with Gasteiger partial charge in [0.1, 0.15) is 0 Å². The predicted octanol–water partition coefficient (Wildman–Crippen LogP) is 4.95. The standard InChI is InChI=1S/C13H17N.C2H6/c1-4-11(3)14-8-7-12-9-10(2)5-6-13(12)14;1-2/h5-9,11H,4H2,1-3H3;1-2H3. The predicted molar refractivity (Wildman–Crippen MR) is 73.0 cm³/mol. The summed E-state index contributed by atoms with van der Waals surface area (Å²) < 4.78 is 2.36. The van der Waals surface area contributed by atoms with Gasteiger partial charge in [0.05, 0.1) is 0 Å². The van der Waals surface area contributed by atoms with Crippen LogP contribution in [0.25, 0.3) is 10.9 Å². The molecular weight excluding hydrogens is 194 g/mol. The average Bonchev–Trinajstić information content (AvgIpc) is 2.73. The van der Waals surface area contributed by atoms with Crippen molar-refractivity contribution >= 4 is 10.9 Å². The van der Waals surface area contributed by atoms with Gasteiger partial charge < -0.3 is 4.57 Å². The van der Waals surface area contributed by atoms with Gasteiger partial charge in [0, 0.05) is 17.8 Å². The molecule has 0 spiro atoms. The highest BCUT2D eigenvalue weighted by Gasteiger charge is 2.05. The molecule has 2 rings (SSSR count). The maximum atomic E-state index is 2.36. The van der Waals surface area contributed by atoms with Gasteiger partial charge >= 0.3 is 0 Å². The summed E-state index contributed by atoms with van der Waals surface area (Å²) in [6.07, 6.45) is 3.37. The quantitative estimate of drug-likeness (QED) is 0.671. The minimum atomic E-state index is 0.593. The summed E-state index contributed by atoms with van der Waals surface area (Å²) in [7, 11) is 0. The minimum absolute atomic E-state index is 0.593. The van der Waals surface area contributed by atoms with E-state index in [0.29, 0.717) is 6.04 Å². The van der Waals surface area contributed by atoms with Gasteiger partial charge in [-0.05, 0) is 43.9 Å². The van der Waals surface area contributed by atoms with E-state index in [1.807, 2.05) is 13.8 Å². The molecule has 1 aromatic heterocycles. The van der Waals surface area contributed by atoms with Crippen LogP contribution >= 0.6 is 0 Å². The van der Waals surface area contributed by atoms with Crippen LogP contribution in [0.5, 0.6) is 0 Å². The Kier molecular flexibility index (Phi) is 4.60. The fourth-order valence-corrected chi connectivity index (χ4v) is 1.86. The van der Waals surface area contributed by atoms with Crippen molar-refractivity contribution in [3.63, 3.8) is 0 Å². The molecule has 0 radical (unpaired) electrons. The Balaban J connectivity index is 0.000000606. The molecule has 1 nitrogen and oxygen atoms in total. The molecule has 88 valence electrons. The first-order valence-electron chi connectivity index (χ1n) is 6.29. The molecule has 0 N–H and O–H groups in total. The lowest BCUT2D eigenvalue weighted by atomic mass is 10.2. The normalized spacial score (nSPS) is 12.1. The molecule has 1 atom stereocenters. The molecule has 0 aliphatic heterocycles. The summed E-state index contributed by atoms with van der Waals surface area (Å²) in [4.78, 5) is 0. The van der Waals surface area contributed by atoms with Crippen LogP contribution in [-0.2, 0) is 0 Å². The first kappa shape index (κ1) is 12.8. The molecule has 0 bridgehead atoms. The molecule has 1 unspecified atom stereocenters. The average molecular weight is 217 g/mol. The number of aryl methyl sites for hydroxylation is 1. The lowest BCUT2D eigenvalue weighted by molar-refractivity contribution is 0.548. The SMILES string of the molecule is CC.CCC(C)n1ccc2cc(C)ccc21. The van der Waals surface area contributed by atoms with E-state index in [1.54, 1.807) is 0 Å². The molecule has 0 saturated heterocycles. The molecule has 0 aliphatic carbocycles. The van der Waals surface area contributed by atoms with E-state index in [4.69, 9.17) is 0 Å². The lowest BCUT2D eigenvalue weighted by Crippen LogP contribution is -2.01. The van der Waals surface area contributed by atoms with Crippen LogP contribution in [0.3, 0.4) is 0 Å². The van der Waals surface area contributed by atoms with Gasteiger partial charge in [0.25, 0.3) is 0 Å². The highest BCUT2D eigenvalue weighted by molar-refractivity contribution is 5.80. The summed E-state index contributed by atoms with van der Waals surface area (Å²) >= 11 is 0. The second kappa shape index (κ2) is 5.74. The molecule has 0 amide bonds. The Morgan fingerprint density at radius 1 is 1.19 bits per heavy atom. The monoisotopic (exact) mass is 217 g/mol. The van der Waals surface area contributed by atoms with Crippen molar-refractivity contribution in [1.29, 1.82) is 0 Å². The number of fused-ring (bicyclic) bond motifs is 1. The van der Waals surface area contributed by atoms with Crippen molar-refractivity contribution in [2.24, 2.45) is 0 Å². The second-order valence-corrected chi connectivity index (χ2v) is 4.04. The number of rotatable bonds is 2. The zero-order chi connectivity index (χ0) is 12.1. The molecule has 16 heavy (non-hydrogen) atoms. The Morgan fingerprint density at radius 3 is 2.50 bits per heavy atom. The topological polar surface area (TPSA) is 4.93 Å². The number of hydrogen-bond acceptors (Lipinski definition) is 0. The van der Waals surface area contributed by atoms with E-state index in [0.717, 1.165) is 0 Å². The largest absolute Gasteiger partial charge is 0.345 e. The molecule has 0 aliphatic rings. The van der Waals surface area contributed by atoms with Crippen LogP contribution in [0.15, 0.2) is 30.5 Å². The van der Waals surface area contributed by atoms with Crippen LogP contribution in [0.4, 0.5) is 0 Å². The number of aromatic nitrogens is 1. The van der Waals surface area contributed by atoms with Gasteiger partial charge in [-0.2, -0.15) is 0 Å². The van der Waals surface area contributed by atoms with Crippen molar-refractivity contribution < 1.29 is 0 Å². The summed E-state index contributed by atoms with van der Waals surface area (Å²) in [5.74, 6) is 0. The van der Waals surface area contributed by atoms with Gasteiger partial charge in [-0.25, -0.2) is 0 Å². The summed E-state index contributed by atoms with van der Waals surface area (Å²) in [6, 6.07) is 9.44. The molecule has 0 saturated carbocycles. The van der Waals surface area contributed by atoms with Crippen molar-refractivity contribution in [1.82, 2.24) is 4.57 Å². The Labute approximate surface area is 99.1 Å². The third-order valence-corrected chi connectivity index (χ3v) is 2.94. The van der Waals surface area contributed by atoms with Crippen molar-refractivity contribution in [2.45, 2.75) is 47.1 Å². The third-order valence-electron chi connectivity index (χ3n) is 2.94. The Hall–Kier alpha value is -1.24. The number of nitrogens with zero attached hydrogens (tertiary/aromatic N) is 1. The zero-order valence-electron chi connectivity index (χ0n) is 11.1. The Morgan fingerprint density at radius 2 is 1.88 bits per heavy atom. The van der Waals surface area contributed by atoms with Crippen molar-refractivity contribution in [3.05, 3.63) is 36.0 Å². The van der Waals surface area contributed by atoms with Gasteiger partial charge in [0.15, 0.2) is 0 Å². The fourth-order valence-electron chi connectivity index (χ4n) is 1.86. The molecule has 1 heterocycles. The van der Waals surface area contributed by atoms with E-state index < -0.39 is 0 Å². The maximum Gasteiger partial charge on any atom is 0.0482 e. The zero-order valence-corrected chi connectivity index (χ0v) is 11.1. The van der Waals surface area contributed by atoms with E-state index in [2.05, 4.69) is 55.8 Å². The van der Waals surface area contributed by atoms with Gasteiger partial charge in [-0.1, -0.05) is 32.4 Å². The number of hydrogen-bond donors (Lipinski definition) is 0. The third kappa shape index (κ3) is 2.46. The van der Waals surface area contributed by atoms with Crippen LogP contribution in [0, 0.1) is 6.92 Å². The van der Waals surface area contributed by atoms with E-state index in [-0.39, 0.29) is 0 Å². The van der Waals surface area contributed by atoms with Crippen LogP contribution < -0.4 is 0 Å². The summed E-state index contributed by atoms with van der Waals surface area (Å²) in [5.41, 5.74) is 2.68. The molecule has 1 heteroatoms. The highest BCUT2D eigenvalue weighted by Crippen LogP contribution is 2.22. The minimum Gasteiger partial charge on any atom is -0.345 e. The second-order valence-electron chi connectivity index (χ2n) is 4.04.